The number of piperazine rings is 1. The number of hydrogen-bond donors (Lipinski definition) is 1. The molecule has 1 amide bonds. The van der Waals surface area contributed by atoms with Gasteiger partial charge in [0.05, 0.1) is 0 Å². The first-order valence-corrected chi connectivity index (χ1v) is 9.38. The SMILES string of the molecule is CCC(C)Nc1nc(C)cc(C(=O)N2CCN(c3ccc(F)cc3)CC2)n1. The molecule has 3 rings (SSSR count). The summed E-state index contributed by atoms with van der Waals surface area (Å²) in [5, 5.41) is 3.23. The lowest BCUT2D eigenvalue weighted by Crippen LogP contribution is -2.49. The van der Waals surface area contributed by atoms with Crippen molar-refractivity contribution in [2.24, 2.45) is 0 Å². The van der Waals surface area contributed by atoms with Gasteiger partial charge in [-0.2, -0.15) is 0 Å². The maximum atomic E-state index is 13.1. The molecule has 1 saturated heterocycles. The average Bonchev–Trinajstić information content (AvgIpc) is 2.67. The van der Waals surface area contributed by atoms with E-state index in [9.17, 15) is 9.18 Å². The number of aromatic nitrogens is 2. The summed E-state index contributed by atoms with van der Waals surface area (Å²) in [6, 6.07) is 8.44. The Morgan fingerprint density at radius 2 is 1.85 bits per heavy atom. The first-order valence-electron chi connectivity index (χ1n) is 9.38. The van der Waals surface area contributed by atoms with Gasteiger partial charge in [-0.1, -0.05) is 6.92 Å². The van der Waals surface area contributed by atoms with Gasteiger partial charge in [0.15, 0.2) is 0 Å². The first kappa shape index (κ1) is 19.1. The maximum Gasteiger partial charge on any atom is 0.272 e. The smallest absolute Gasteiger partial charge is 0.272 e. The van der Waals surface area contributed by atoms with Crippen LogP contribution in [0.3, 0.4) is 0 Å². The highest BCUT2D eigenvalue weighted by Crippen LogP contribution is 2.18. The van der Waals surface area contributed by atoms with Gasteiger partial charge in [-0.3, -0.25) is 4.79 Å². The summed E-state index contributed by atoms with van der Waals surface area (Å²) in [5.74, 6) is 0.178. The molecule has 1 N–H and O–H groups in total. The molecule has 0 bridgehead atoms. The molecule has 7 heteroatoms. The van der Waals surface area contributed by atoms with E-state index >= 15 is 0 Å². The topological polar surface area (TPSA) is 61.4 Å². The van der Waals surface area contributed by atoms with Crippen LogP contribution in [-0.4, -0.2) is 53.0 Å². The van der Waals surface area contributed by atoms with E-state index in [0.717, 1.165) is 17.8 Å². The van der Waals surface area contributed by atoms with Crippen molar-refractivity contribution in [1.82, 2.24) is 14.9 Å². The molecule has 0 radical (unpaired) electrons. The summed E-state index contributed by atoms with van der Waals surface area (Å²) in [6.45, 7) is 8.63. The van der Waals surface area contributed by atoms with Gasteiger partial charge in [0, 0.05) is 43.6 Å². The molecule has 1 aliphatic heterocycles. The molecule has 1 unspecified atom stereocenters. The van der Waals surface area contributed by atoms with Crippen LogP contribution in [0.1, 0.15) is 36.5 Å². The summed E-state index contributed by atoms with van der Waals surface area (Å²) in [5.41, 5.74) is 2.16. The molecule has 1 aromatic heterocycles. The third kappa shape index (κ3) is 4.72. The predicted molar refractivity (Wildman–Crippen MR) is 105 cm³/mol. The highest BCUT2D eigenvalue weighted by atomic mass is 19.1. The van der Waals surface area contributed by atoms with Crippen molar-refractivity contribution in [3.05, 3.63) is 47.5 Å². The van der Waals surface area contributed by atoms with Crippen LogP contribution in [0.15, 0.2) is 30.3 Å². The molecule has 0 aliphatic carbocycles. The quantitative estimate of drug-likeness (QED) is 0.875. The maximum absolute atomic E-state index is 13.1. The van der Waals surface area contributed by atoms with Gasteiger partial charge in [0.2, 0.25) is 5.95 Å². The van der Waals surface area contributed by atoms with Gasteiger partial charge in [0.1, 0.15) is 11.5 Å². The van der Waals surface area contributed by atoms with Crippen LogP contribution in [0.25, 0.3) is 0 Å². The summed E-state index contributed by atoms with van der Waals surface area (Å²) in [4.78, 5) is 25.6. The van der Waals surface area contributed by atoms with Crippen LogP contribution in [0.4, 0.5) is 16.0 Å². The average molecular weight is 371 g/mol. The molecule has 27 heavy (non-hydrogen) atoms. The van der Waals surface area contributed by atoms with Crippen molar-refractivity contribution in [2.75, 3.05) is 36.4 Å². The van der Waals surface area contributed by atoms with Crippen LogP contribution in [0, 0.1) is 12.7 Å². The molecule has 1 aromatic carbocycles. The molecule has 1 aliphatic rings. The minimum Gasteiger partial charge on any atom is -0.368 e. The number of hydrogen-bond acceptors (Lipinski definition) is 5. The minimum atomic E-state index is -0.242. The van der Waals surface area contributed by atoms with Crippen molar-refractivity contribution in [2.45, 2.75) is 33.2 Å². The third-order valence-corrected chi connectivity index (χ3v) is 4.82. The fourth-order valence-corrected chi connectivity index (χ4v) is 3.05. The second kappa shape index (κ2) is 8.33. The van der Waals surface area contributed by atoms with Crippen LogP contribution in [-0.2, 0) is 0 Å². The van der Waals surface area contributed by atoms with Crippen molar-refractivity contribution in [1.29, 1.82) is 0 Å². The first-order chi connectivity index (χ1) is 13.0. The molecule has 144 valence electrons. The highest BCUT2D eigenvalue weighted by molar-refractivity contribution is 5.92. The number of carbonyl (C=O) groups is 1. The number of nitrogens with one attached hydrogen (secondary N) is 1. The van der Waals surface area contributed by atoms with E-state index in [4.69, 9.17) is 0 Å². The van der Waals surface area contributed by atoms with Crippen molar-refractivity contribution in [3.8, 4) is 0 Å². The summed E-state index contributed by atoms with van der Waals surface area (Å²) < 4.78 is 13.1. The van der Waals surface area contributed by atoms with Crippen molar-refractivity contribution in [3.63, 3.8) is 0 Å². The van der Waals surface area contributed by atoms with Gasteiger partial charge < -0.3 is 15.1 Å². The lowest BCUT2D eigenvalue weighted by atomic mass is 10.2. The fourth-order valence-electron chi connectivity index (χ4n) is 3.05. The fraction of sp³-hybridized carbons (Fsp3) is 0.450. The van der Waals surface area contributed by atoms with Crippen LogP contribution < -0.4 is 10.2 Å². The van der Waals surface area contributed by atoms with E-state index in [-0.39, 0.29) is 17.8 Å². The van der Waals surface area contributed by atoms with Crippen LogP contribution in [0.2, 0.25) is 0 Å². The normalized spacial score (nSPS) is 15.6. The van der Waals surface area contributed by atoms with E-state index < -0.39 is 0 Å². The Hall–Kier alpha value is -2.70. The molecular formula is C20H26FN5O. The van der Waals surface area contributed by atoms with Gasteiger partial charge in [0.25, 0.3) is 5.91 Å². The van der Waals surface area contributed by atoms with E-state index in [1.165, 1.54) is 12.1 Å². The zero-order valence-electron chi connectivity index (χ0n) is 16.1. The number of amides is 1. The number of carbonyl (C=O) groups excluding carboxylic acids is 1. The van der Waals surface area contributed by atoms with Crippen molar-refractivity contribution >= 4 is 17.5 Å². The number of aryl methyl sites for hydroxylation is 1. The van der Waals surface area contributed by atoms with E-state index in [0.29, 0.717) is 37.8 Å². The molecule has 2 aromatic rings. The molecule has 0 spiro atoms. The second-order valence-corrected chi connectivity index (χ2v) is 6.93. The predicted octanol–water partition coefficient (Wildman–Crippen LogP) is 3.10. The number of rotatable bonds is 5. The van der Waals surface area contributed by atoms with Gasteiger partial charge in [-0.15, -0.1) is 0 Å². The Morgan fingerprint density at radius 1 is 1.19 bits per heavy atom. The lowest BCUT2D eigenvalue weighted by molar-refractivity contribution is 0.0740. The third-order valence-electron chi connectivity index (χ3n) is 4.82. The summed E-state index contributed by atoms with van der Waals surface area (Å²) in [6.07, 6.45) is 0.950. The lowest BCUT2D eigenvalue weighted by Gasteiger charge is -2.36. The van der Waals surface area contributed by atoms with Gasteiger partial charge >= 0.3 is 0 Å². The van der Waals surface area contributed by atoms with Crippen molar-refractivity contribution < 1.29 is 9.18 Å². The zero-order valence-corrected chi connectivity index (χ0v) is 16.1. The standard InChI is InChI=1S/C20H26FN5O/c1-4-14(2)22-20-23-15(3)13-18(24-20)19(27)26-11-9-25(10-12-26)17-7-5-16(21)6-8-17/h5-8,13-14H,4,9-12H2,1-3H3,(H,22,23,24). The molecule has 1 fully saturated rings. The van der Waals surface area contributed by atoms with E-state index in [1.54, 1.807) is 18.2 Å². The zero-order chi connectivity index (χ0) is 19.4. The Kier molecular flexibility index (Phi) is 5.88. The Labute approximate surface area is 159 Å². The number of benzene rings is 1. The molecule has 6 nitrogen and oxygen atoms in total. The highest BCUT2D eigenvalue weighted by Gasteiger charge is 2.24. The Balaban J connectivity index is 1.66. The van der Waals surface area contributed by atoms with Crippen LogP contribution in [0.5, 0.6) is 0 Å². The number of anilines is 2. The number of halogens is 1. The van der Waals surface area contributed by atoms with E-state index in [2.05, 4.69) is 34.0 Å². The van der Waals surface area contributed by atoms with E-state index in [1.807, 2.05) is 11.8 Å². The second-order valence-electron chi connectivity index (χ2n) is 6.93. The van der Waals surface area contributed by atoms with Gasteiger partial charge in [-0.25, -0.2) is 14.4 Å². The Morgan fingerprint density at radius 3 is 2.48 bits per heavy atom. The van der Waals surface area contributed by atoms with Crippen LogP contribution >= 0.6 is 0 Å². The summed E-state index contributed by atoms with van der Waals surface area (Å²) >= 11 is 0. The molecule has 0 saturated carbocycles. The molecular weight excluding hydrogens is 345 g/mol. The monoisotopic (exact) mass is 371 g/mol. The Bertz CT molecular complexity index is 787. The minimum absolute atomic E-state index is 0.0774. The number of nitrogens with zero attached hydrogens (tertiary/aromatic N) is 4. The van der Waals surface area contributed by atoms with Gasteiger partial charge in [-0.05, 0) is 50.6 Å². The molecule has 2 heterocycles. The largest absolute Gasteiger partial charge is 0.368 e. The molecule has 1 atom stereocenters. The summed E-state index contributed by atoms with van der Waals surface area (Å²) in [7, 11) is 0.